The summed E-state index contributed by atoms with van der Waals surface area (Å²) in [5.41, 5.74) is 10.8. The maximum atomic E-state index is 5.80. The van der Waals surface area contributed by atoms with Gasteiger partial charge < -0.3 is 10.5 Å². The van der Waals surface area contributed by atoms with Crippen molar-refractivity contribution in [2.45, 2.75) is 19.9 Å². The monoisotopic (exact) mass is 245 g/mol. The SMILES string of the molecule is Cc1cc(-c2cc(CN)c3c(c2)CCO3)cs1. The van der Waals surface area contributed by atoms with Crippen molar-refractivity contribution >= 4 is 11.3 Å². The molecule has 0 radical (unpaired) electrons. The van der Waals surface area contributed by atoms with E-state index in [1.54, 1.807) is 11.3 Å². The zero-order valence-electron chi connectivity index (χ0n) is 9.82. The van der Waals surface area contributed by atoms with Gasteiger partial charge in [0.2, 0.25) is 0 Å². The Hall–Kier alpha value is -1.32. The first-order chi connectivity index (χ1) is 8.28. The molecule has 1 aliphatic heterocycles. The maximum absolute atomic E-state index is 5.80. The molecule has 0 atom stereocenters. The van der Waals surface area contributed by atoms with Crippen LogP contribution in [0.25, 0.3) is 11.1 Å². The van der Waals surface area contributed by atoms with Crippen LogP contribution in [0.3, 0.4) is 0 Å². The van der Waals surface area contributed by atoms with E-state index in [4.69, 9.17) is 10.5 Å². The molecule has 3 rings (SSSR count). The fourth-order valence-electron chi connectivity index (χ4n) is 2.30. The van der Waals surface area contributed by atoms with Gasteiger partial charge in [0, 0.05) is 23.4 Å². The Morgan fingerprint density at radius 3 is 2.88 bits per heavy atom. The first kappa shape index (κ1) is 10.8. The van der Waals surface area contributed by atoms with E-state index in [0.717, 1.165) is 24.3 Å². The molecule has 2 nitrogen and oxygen atoms in total. The van der Waals surface area contributed by atoms with E-state index in [9.17, 15) is 0 Å². The Balaban J connectivity index is 2.12. The van der Waals surface area contributed by atoms with E-state index >= 15 is 0 Å². The second-order valence-electron chi connectivity index (χ2n) is 4.37. The lowest BCUT2D eigenvalue weighted by Gasteiger charge is -2.08. The van der Waals surface area contributed by atoms with E-state index in [-0.39, 0.29) is 0 Å². The number of ether oxygens (including phenoxy) is 1. The van der Waals surface area contributed by atoms with Crippen LogP contribution in [0, 0.1) is 6.92 Å². The summed E-state index contributed by atoms with van der Waals surface area (Å²) >= 11 is 1.78. The molecule has 1 aromatic carbocycles. The van der Waals surface area contributed by atoms with Crippen LogP contribution < -0.4 is 10.5 Å². The number of thiophene rings is 1. The molecule has 0 spiro atoms. The Morgan fingerprint density at radius 1 is 1.29 bits per heavy atom. The van der Waals surface area contributed by atoms with Gasteiger partial charge in [-0.15, -0.1) is 11.3 Å². The molecule has 0 fully saturated rings. The molecule has 2 heterocycles. The largest absolute Gasteiger partial charge is 0.493 e. The molecule has 3 heteroatoms. The summed E-state index contributed by atoms with van der Waals surface area (Å²) in [4.78, 5) is 1.34. The van der Waals surface area contributed by atoms with Crippen molar-refractivity contribution in [2.75, 3.05) is 6.61 Å². The highest BCUT2D eigenvalue weighted by atomic mass is 32.1. The molecule has 2 aromatic rings. The van der Waals surface area contributed by atoms with Crippen LogP contribution in [0.2, 0.25) is 0 Å². The van der Waals surface area contributed by atoms with Crippen molar-refractivity contribution < 1.29 is 4.74 Å². The van der Waals surface area contributed by atoms with E-state index < -0.39 is 0 Å². The highest BCUT2D eigenvalue weighted by molar-refractivity contribution is 7.10. The minimum Gasteiger partial charge on any atom is -0.493 e. The summed E-state index contributed by atoms with van der Waals surface area (Å²) < 4.78 is 5.64. The molecule has 0 amide bonds. The molecule has 0 bridgehead atoms. The van der Waals surface area contributed by atoms with Gasteiger partial charge in [0.05, 0.1) is 6.61 Å². The Bertz CT molecular complexity index is 559. The highest BCUT2D eigenvalue weighted by Gasteiger charge is 2.17. The average Bonchev–Trinajstić information content (AvgIpc) is 2.95. The van der Waals surface area contributed by atoms with Crippen molar-refractivity contribution in [3.05, 3.63) is 39.6 Å². The van der Waals surface area contributed by atoms with Crippen molar-refractivity contribution in [2.24, 2.45) is 5.73 Å². The molecule has 0 saturated heterocycles. The molecule has 2 N–H and O–H groups in total. The van der Waals surface area contributed by atoms with Crippen molar-refractivity contribution in [1.82, 2.24) is 0 Å². The lowest BCUT2D eigenvalue weighted by Crippen LogP contribution is -1.99. The Morgan fingerprint density at radius 2 is 2.18 bits per heavy atom. The first-order valence-corrected chi connectivity index (χ1v) is 6.70. The highest BCUT2D eigenvalue weighted by Crippen LogP contribution is 2.35. The van der Waals surface area contributed by atoms with Crippen LogP contribution in [0.5, 0.6) is 5.75 Å². The van der Waals surface area contributed by atoms with Gasteiger partial charge in [-0.2, -0.15) is 0 Å². The van der Waals surface area contributed by atoms with Gasteiger partial charge in [0.25, 0.3) is 0 Å². The molecule has 0 unspecified atom stereocenters. The topological polar surface area (TPSA) is 35.2 Å². The summed E-state index contributed by atoms with van der Waals surface area (Å²) in [6, 6.07) is 6.62. The fourth-order valence-corrected chi connectivity index (χ4v) is 3.01. The van der Waals surface area contributed by atoms with E-state index in [0.29, 0.717) is 6.54 Å². The molecule has 88 valence electrons. The predicted molar refractivity (Wildman–Crippen MR) is 71.6 cm³/mol. The molecule has 17 heavy (non-hydrogen) atoms. The number of hydrogen-bond acceptors (Lipinski definition) is 3. The predicted octanol–water partition coefficient (Wildman–Crippen LogP) is 3.12. The number of rotatable bonds is 2. The van der Waals surface area contributed by atoms with Gasteiger partial charge in [-0.05, 0) is 47.2 Å². The average molecular weight is 245 g/mol. The third kappa shape index (κ3) is 1.85. The molecule has 1 aromatic heterocycles. The minimum atomic E-state index is 0.541. The van der Waals surface area contributed by atoms with Crippen molar-refractivity contribution in [3.63, 3.8) is 0 Å². The maximum Gasteiger partial charge on any atom is 0.127 e. The number of hydrogen-bond donors (Lipinski definition) is 1. The van der Waals surface area contributed by atoms with Gasteiger partial charge >= 0.3 is 0 Å². The summed E-state index contributed by atoms with van der Waals surface area (Å²) in [6.45, 7) is 3.46. The lowest BCUT2D eigenvalue weighted by molar-refractivity contribution is 0.353. The summed E-state index contributed by atoms with van der Waals surface area (Å²) in [5, 5.41) is 2.20. The lowest BCUT2D eigenvalue weighted by atomic mass is 10.00. The Labute approximate surface area is 105 Å². The van der Waals surface area contributed by atoms with Crippen LogP contribution >= 0.6 is 11.3 Å². The quantitative estimate of drug-likeness (QED) is 0.882. The minimum absolute atomic E-state index is 0.541. The van der Waals surface area contributed by atoms with Crippen molar-refractivity contribution in [1.29, 1.82) is 0 Å². The van der Waals surface area contributed by atoms with E-state index in [1.165, 1.54) is 21.6 Å². The van der Waals surface area contributed by atoms with E-state index in [2.05, 4.69) is 30.5 Å². The molecule has 0 saturated carbocycles. The summed E-state index contributed by atoms with van der Waals surface area (Å²) in [7, 11) is 0. The van der Waals surface area contributed by atoms with Crippen LogP contribution in [0.15, 0.2) is 23.6 Å². The van der Waals surface area contributed by atoms with Crippen LogP contribution in [0.1, 0.15) is 16.0 Å². The zero-order valence-corrected chi connectivity index (χ0v) is 10.6. The summed E-state index contributed by atoms with van der Waals surface area (Å²) in [6.07, 6.45) is 0.999. The number of nitrogens with two attached hydrogens (primary N) is 1. The molecular weight excluding hydrogens is 230 g/mol. The molecular formula is C14H15NOS. The van der Waals surface area contributed by atoms with Gasteiger partial charge in [0.1, 0.15) is 5.75 Å². The van der Waals surface area contributed by atoms with Gasteiger partial charge in [-0.3, -0.25) is 0 Å². The van der Waals surface area contributed by atoms with Crippen molar-refractivity contribution in [3.8, 4) is 16.9 Å². The van der Waals surface area contributed by atoms with Crippen LogP contribution in [0.4, 0.5) is 0 Å². The normalized spacial score (nSPS) is 13.5. The smallest absolute Gasteiger partial charge is 0.127 e. The molecule has 0 aliphatic carbocycles. The molecule has 1 aliphatic rings. The first-order valence-electron chi connectivity index (χ1n) is 5.82. The second kappa shape index (κ2) is 4.17. The standard InChI is InChI=1S/C14H15NOS/c1-9-4-13(8-17-9)11-5-10-2-3-16-14(10)12(6-11)7-15/h4-6,8H,2-3,7,15H2,1H3. The zero-order chi connectivity index (χ0) is 11.8. The van der Waals surface area contributed by atoms with E-state index in [1.807, 2.05) is 0 Å². The van der Waals surface area contributed by atoms with Crippen LogP contribution in [-0.2, 0) is 13.0 Å². The van der Waals surface area contributed by atoms with Gasteiger partial charge in [-0.25, -0.2) is 0 Å². The fraction of sp³-hybridized carbons (Fsp3) is 0.286. The second-order valence-corrected chi connectivity index (χ2v) is 5.49. The number of fused-ring (bicyclic) bond motifs is 1. The van der Waals surface area contributed by atoms with Gasteiger partial charge in [0.15, 0.2) is 0 Å². The van der Waals surface area contributed by atoms with Crippen LogP contribution in [-0.4, -0.2) is 6.61 Å². The third-order valence-corrected chi connectivity index (χ3v) is 4.01. The number of aryl methyl sites for hydroxylation is 1. The van der Waals surface area contributed by atoms with Gasteiger partial charge in [-0.1, -0.05) is 0 Å². The summed E-state index contributed by atoms with van der Waals surface area (Å²) in [5.74, 6) is 1.02. The third-order valence-electron chi connectivity index (χ3n) is 3.14. The Kier molecular flexibility index (Phi) is 2.65. The number of benzene rings is 1.